The van der Waals surface area contributed by atoms with E-state index in [1.54, 1.807) is 6.07 Å². The lowest BCUT2D eigenvalue weighted by atomic mass is 9.83. The Morgan fingerprint density at radius 2 is 2.36 bits per heavy atom. The number of nitrogens with one attached hydrogen (secondary N) is 1. The molecule has 1 atom stereocenters. The molecule has 0 saturated heterocycles. The van der Waals surface area contributed by atoms with Gasteiger partial charge >= 0.3 is 0 Å². The molecule has 1 aliphatic rings. The van der Waals surface area contributed by atoms with E-state index in [0.29, 0.717) is 0 Å². The monoisotopic (exact) mass is 151 g/mol. The Balaban J connectivity index is 2.43. The van der Waals surface area contributed by atoms with E-state index in [9.17, 15) is 4.39 Å². The number of hydrogen-bond acceptors (Lipinski definition) is 1. The summed E-state index contributed by atoms with van der Waals surface area (Å²) in [7, 11) is 1.86. The van der Waals surface area contributed by atoms with Gasteiger partial charge in [0.25, 0.3) is 0 Å². The van der Waals surface area contributed by atoms with Crippen LogP contribution in [-0.2, 0) is 6.42 Å². The molecule has 0 aliphatic heterocycles. The van der Waals surface area contributed by atoms with Gasteiger partial charge in [-0.15, -0.1) is 0 Å². The van der Waals surface area contributed by atoms with Crippen molar-refractivity contribution in [3.63, 3.8) is 0 Å². The molecule has 1 unspecified atom stereocenters. The first-order valence-corrected chi connectivity index (χ1v) is 3.77. The summed E-state index contributed by atoms with van der Waals surface area (Å²) in [6.45, 7) is 0. The van der Waals surface area contributed by atoms with Gasteiger partial charge in [0.05, 0.1) is 0 Å². The quantitative estimate of drug-likeness (QED) is 0.643. The second-order valence-electron chi connectivity index (χ2n) is 2.86. The Kier molecular flexibility index (Phi) is 1.43. The standard InChI is InChI=1S/C9H10FN/c1-11-8-5-6-3-2-4-7(10)9(6)8/h2-4,8,11H,5H2,1H3. The first kappa shape index (κ1) is 6.80. The van der Waals surface area contributed by atoms with Crippen molar-refractivity contribution in [1.29, 1.82) is 0 Å². The van der Waals surface area contributed by atoms with Crippen molar-refractivity contribution in [1.82, 2.24) is 5.32 Å². The van der Waals surface area contributed by atoms with E-state index in [0.717, 1.165) is 17.5 Å². The molecular weight excluding hydrogens is 141 g/mol. The van der Waals surface area contributed by atoms with E-state index in [2.05, 4.69) is 5.32 Å². The Morgan fingerprint density at radius 3 is 3.00 bits per heavy atom. The Bertz CT molecular complexity index is 269. The lowest BCUT2D eigenvalue weighted by Crippen LogP contribution is -2.29. The highest BCUT2D eigenvalue weighted by atomic mass is 19.1. The van der Waals surface area contributed by atoms with Crippen molar-refractivity contribution in [3.05, 3.63) is 35.1 Å². The van der Waals surface area contributed by atoms with Crippen LogP contribution in [0.4, 0.5) is 4.39 Å². The van der Waals surface area contributed by atoms with Crippen LogP contribution in [0.2, 0.25) is 0 Å². The molecule has 2 rings (SSSR count). The maximum absolute atomic E-state index is 13.0. The largest absolute Gasteiger partial charge is 0.313 e. The second kappa shape index (κ2) is 2.31. The summed E-state index contributed by atoms with van der Waals surface area (Å²) < 4.78 is 13.0. The molecular formula is C9H10FN. The molecule has 11 heavy (non-hydrogen) atoms. The molecule has 58 valence electrons. The smallest absolute Gasteiger partial charge is 0.128 e. The van der Waals surface area contributed by atoms with Gasteiger partial charge in [-0.2, -0.15) is 0 Å². The lowest BCUT2D eigenvalue weighted by molar-refractivity contribution is 0.481. The maximum Gasteiger partial charge on any atom is 0.128 e. The van der Waals surface area contributed by atoms with Crippen molar-refractivity contribution in [2.24, 2.45) is 0 Å². The van der Waals surface area contributed by atoms with Gasteiger partial charge in [0, 0.05) is 11.6 Å². The molecule has 0 heterocycles. The van der Waals surface area contributed by atoms with Gasteiger partial charge < -0.3 is 5.32 Å². The SMILES string of the molecule is CNC1Cc2cccc(F)c21. The van der Waals surface area contributed by atoms with Crippen LogP contribution < -0.4 is 5.32 Å². The van der Waals surface area contributed by atoms with Crippen LogP contribution in [0.25, 0.3) is 0 Å². The summed E-state index contributed by atoms with van der Waals surface area (Å²) in [4.78, 5) is 0. The first-order chi connectivity index (χ1) is 5.33. The molecule has 1 aliphatic carbocycles. The predicted molar refractivity (Wildman–Crippen MR) is 41.9 cm³/mol. The fourth-order valence-corrected chi connectivity index (χ4v) is 1.59. The molecule has 0 radical (unpaired) electrons. The van der Waals surface area contributed by atoms with Gasteiger partial charge in [-0.1, -0.05) is 12.1 Å². The first-order valence-electron chi connectivity index (χ1n) is 3.77. The van der Waals surface area contributed by atoms with Crippen molar-refractivity contribution in [2.45, 2.75) is 12.5 Å². The molecule has 1 nitrogen and oxygen atoms in total. The minimum atomic E-state index is -0.0758. The Labute approximate surface area is 65.2 Å². The minimum Gasteiger partial charge on any atom is -0.313 e. The van der Waals surface area contributed by atoms with Gasteiger partial charge in [-0.3, -0.25) is 0 Å². The third kappa shape index (κ3) is 0.862. The van der Waals surface area contributed by atoms with Crippen LogP contribution in [-0.4, -0.2) is 7.05 Å². The van der Waals surface area contributed by atoms with Gasteiger partial charge in [-0.25, -0.2) is 4.39 Å². The minimum absolute atomic E-state index is 0.0758. The van der Waals surface area contributed by atoms with Crippen LogP contribution in [0.1, 0.15) is 17.2 Å². The zero-order chi connectivity index (χ0) is 7.84. The van der Waals surface area contributed by atoms with Gasteiger partial charge in [-0.05, 0) is 25.1 Å². The highest BCUT2D eigenvalue weighted by molar-refractivity contribution is 5.40. The summed E-state index contributed by atoms with van der Waals surface area (Å²) in [5, 5.41) is 3.06. The topological polar surface area (TPSA) is 12.0 Å². The molecule has 1 aromatic carbocycles. The number of hydrogen-bond donors (Lipinski definition) is 1. The normalized spacial score (nSPS) is 20.7. The molecule has 0 fully saturated rings. The zero-order valence-electron chi connectivity index (χ0n) is 6.39. The molecule has 0 aromatic heterocycles. The summed E-state index contributed by atoms with van der Waals surface area (Å²) in [6, 6.07) is 5.50. The second-order valence-corrected chi connectivity index (χ2v) is 2.86. The molecule has 0 spiro atoms. The number of benzene rings is 1. The van der Waals surface area contributed by atoms with Gasteiger partial charge in [0.2, 0.25) is 0 Å². The third-order valence-corrected chi connectivity index (χ3v) is 2.26. The van der Waals surface area contributed by atoms with Crippen molar-refractivity contribution < 1.29 is 4.39 Å². The Morgan fingerprint density at radius 1 is 1.55 bits per heavy atom. The lowest BCUT2D eigenvalue weighted by Gasteiger charge is -2.29. The molecule has 0 amide bonds. The van der Waals surface area contributed by atoms with Crippen LogP contribution in [0.15, 0.2) is 18.2 Å². The number of halogens is 1. The maximum atomic E-state index is 13.0. The number of fused-ring (bicyclic) bond motifs is 1. The van der Waals surface area contributed by atoms with Crippen LogP contribution in [0, 0.1) is 5.82 Å². The molecule has 0 saturated carbocycles. The number of rotatable bonds is 1. The molecule has 1 N–H and O–H groups in total. The molecule has 1 aromatic rings. The molecule has 0 bridgehead atoms. The average Bonchev–Trinajstić information content (AvgIpc) is 1.93. The summed E-state index contributed by atoms with van der Waals surface area (Å²) in [5.74, 6) is -0.0758. The fraction of sp³-hybridized carbons (Fsp3) is 0.333. The van der Waals surface area contributed by atoms with E-state index >= 15 is 0 Å². The Hall–Kier alpha value is -0.890. The number of likely N-dealkylation sites (N-methyl/N-ethyl adjacent to an activating group) is 1. The van der Waals surface area contributed by atoms with Crippen LogP contribution in [0.5, 0.6) is 0 Å². The van der Waals surface area contributed by atoms with Gasteiger partial charge in [0.15, 0.2) is 0 Å². The van der Waals surface area contributed by atoms with Crippen molar-refractivity contribution in [2.75, 3.05) is 7.05 Å². The zero-order valence-corrected chi connectivity index (χ0v) is 6.39. The summed E-state index contributed by atoms with van der Waals surface area (Å²) in [6.07, 6.45) is 0.962. The highest BCUT2D eigenvalue weighted by Gasteiger charge is 2.27. The van der Waals surface area contributed by atoms with Crippen LogP contribution >= 0.6 is 0 Å². The van der Waals surface area contributed by atoms with E-state index in [4.69, 9.17) is 0 Å². The predicted octanol–water partition coefficient (Wildman–Crippen LogP) is 1.64. The van der Waals surface area contributed by atoms with Gasteiger partial charge in [0.1, 0.15) is 5.82 Å². The highest BCUT2D eigenvalue weighted by Crippen LogP contribution is 2.34. The van der Waals surface area contributed by atoms with E-state index in [1.165, 1.54) is 6.07 Å². The average molecular weight is 151 g/mol. The summed E-state index contributed by atoms with van der Waals surface area (Å²) >= 11 is 0. The third-order valence-electron chi connectivity index (χ3n) is 2.26. The van der Waals surface area contributed by atoms with E-state index in [-0.39, 0.29) is 11.9 Å². The van der Waals surface area contributed by atoms with E-state index in [1.807, 2.05) is 13.1 Å². The summed E-state index contributed by atoms with van der Waals surface area (Å²) in [5.41, 5.74) is 2.00. The molecule has 2 heteroatoms. The van der Waals surface area contributed by atoms with Crippen molar-refractivity contribution in [3.8, 4) is 0 Å². The van der Waals surface area contributed by atoms with Crippen molar-refractivity contribution >= 4 is 0 Å². The van der Waals surface area contributed by atoms with E-state index < -0.39 is 0 Å². The van der Waals surface area contributed by atoms with Crippen LogP contribution in [0.3, 0.4) is 0 Å². The fourth-order valence-electron chi connectivity index (χ4n) is 1.59.